The van der Waals surface area contributed by atoms with Crippen molar-refractivity contribution in [1.82, 2.24) is 4.31 Å². The molecule has 0 spiro atoms. The molecule has 0 fully saturated rings. The van der Waals surface area contributed by atoms with Crippen molar-refractivity contribution < 1.29 is 22.9 Å². The van der Waals surface area contributed by atoms with Gasteiger partial charge in [-0.25, -0.2) is 4.79 Å². The van der Waals surface area contributed by atoms with Gasteiger partial charge < -0.3 is 5.11 Å². The van der Waals surface area contributed by atoms with E-state index in [0.717, 1.165) is 0 Å². The maximum atomic E-state index is 10.4. The molecule has 0 aliphatic rings. The largest absolute Gasteiger partial charge is 0.464 e. The first-order valence-corrected chi connectivity index (χ1v) is 4.63. The normalized spacial score (nSPS) is 11.7. The summed E-state index contributed by atoms with van der Waals surface area (Å²) >= 11 is 0. The van der Waals surface area contributed by atoms with E-state index in [-0.39, 0.29) is 16.8 Å². The van der Waals surface area contributed by atoms with E-state index < -0.39 is 16.4 Å². The summed E-state index contributed by atoms with van der Waals surface area (Å²) in [5, 5.41) is 8.34. The maximum Gasteiger partial charge on any atom is 0.422 e. The fraction of sp³-hybridized carbons (Fsp3) is 0.800. The third-order valence-corrected chi connectivity index (χ3v) is 1.89. The highest BCUT2D eigenvalue weighted by molar-refractivity contribution is 7.83. The van der Waals surface area contributed by atoms with Crippen LogP contribution in [0.3, 0.4) is 0 Å². The molecule has 0 aromatic heterocycles. The lowest BCUT2D eigenvalue weighted by molar-refractivity contribution is 0.165. The van der Waals surface area contributed by atoms with Gasteiger partial charge in [0.1, 0.15) is 0 Å². The molecule has 0 rings (SSSR count). The van der Waals surface area contributed by atoms with Crippen LogP contribution in [0, 0.1) is 5.92 Å². The van der Waals surface area contributed by atoms with Gasteiger partial charge in [0.25, 0.3) is 0 Å². The molecule has 0 aromatic rings. The van der Waals surface area contributed by atoms with Crippen LogP contribution in [-0.2, 0) is 10.3 Å². The average Bonchev–Trinajstić information content (AvgIpc) is 1.79. The van der Waals surface area contributed by atoms with Gasteiger partial charge in [-0.1, -0.05) is 13.8 Å². The quantitative estimate of drug-likeness (QED) is 0.639. The molecule has 6 nitrogen and oxygen atoms in total. The van der Waals surface area contributed by atoms with Crippen LogP contribution in [0.5, 0.6) is 0 Å². The molecule has 0 atom stereocenters. The third kappa shape index (κ3) is 3.54. The molecule has 0 radical (unpaired) electrons. The number of rotatable bonds is 3. The molecular formula is C5H11NO5S. The zero-order chi connectivity index (χ0) is 9.94. The summed E-state index contributed by atoms with van der Waals surface area (Å²) in [4.78, 5) is 10.3. The molecule has 0 aliphatic carbocycles. The van der Waals surface area contributed by atoms with Gasteiger partial charge in [0.2, 0.25) is 0 Å². The second-order valence-corrected chi connectivity index (χ2v) is 4.02. The average molecular weight is 197 g/mol. The molecule has 0 heterocycles. The Hall–Kier alpha value is -0.820. The van der Waals surface area contributed by atoms with Gasteiger partial charge in [-0.05, 0) is 5.92 Å². The van der Waals surface area contributed by atoms with Gasteiger partial charge in [0, 0.05) is 6.54 Å². The zero-order valence-electron chi connectivity index (χ0n) is 6.76. The van der Waals surface area contributed by atoms with Crippen LogP contribution in [0.2, 0.25) is 0 Å². The Balaban J connectivity index is 4.59. The summed E-state index contributed by atoms with van der Waals surface area (Å²) in [6.45, 7) is 3.04. The second-order valence-electron chi connectivity index (χ2n) is 2.69. The summed E-state index contributed by atoms with van der Waals surface area (Å²) in [7, 11) is -4.63. The van der Waals surface area contributed by atoms with Crippen molar-refractivity contribution in [1.29, 1.82) is 0 Å². The molecule has 1 amide bonds. The van der Waals surface area contributed by atoms with Crippen LogP contribution < -0.4 is 0 Å². The van der Waals surface area contributed by atoms with E-state index >= 15 is 0 Å². The van der Waals surface area contributed by atoms with Crippen molar-refractivity contribution in [2.45, 2.75) is 13.8 Å². The number of hydrogen-bond acceptors (Lipinski definition) is 3. The van der Waals surface area contributed by atoms with Crippen LogP contribution in [0.4, 0.5) is 4.79 Å². The minimum Gasteiger partial charge on any atom is -0.464 e. The SMILES string of the molecule is CC(C)CN(C(=O)O)S(=O)(=O)O. The van der Waals surface area contributed by atoms with E-state index in [4.69, 9.17) is 9.66 Å². The van der Waals surface area contributed by atoms with Gasteiger partial charge >= 0.3 is 16.4 Å². The van der Waals surface area contributed by atoms with E-state index in [1.807, 2.05) is 0 Å². The van der Waals surface area contributed by atoms with Crippen LogP contribution >= 0.6 is 0 Å². The van der Waals surface area contributed by atoms with E-state index in [1.165, 1.54) is 0 Å². The summed E-state index contributed by atoms with van der Waals surface area (Å²) in [6.07, 6.45) is -1.67. The fourth-order valence-electron chi connectivity index (χ4n) is 0.603. The summed E-state index contributed by atoms with van der Waals surface area (Å²) in [5.74, 6) is -0.164. The molecule has 0 unspecified atom stereocenters. The first-order chi connectivity index (χ1) is 5.25. The first kappa shape index (κ1) is 11.2. The minimum atomic E-state index is -4.63. The monoisotopic (exact) mass is 197 g/mol. The number of hydrogen-bond donors (Lipinski definition) is 2. The Morgan fingerprint density at radius 1 is 1.50 bits per heavy atom. The second kappa shape index (κ2) is 3.72. The van der Waals surface area contributed by atoms with E-state index in [1.54, 1.807) is 13.8 Å². The standard InChI is InChI=1S/C5H11NO5S/c1-4(2)3-6(5(7)8)12(9,10)11/h4H,3H2,1-2H3,(H,7,8)(H,9,10,11). The topological polar surface area (TPSA) is 94.9 Å². The zero-order valence-corrected chi connectivity index (χ0v) is 7.58. The molecule has 0 saturated heterocycles. The predicted octanol–water partition coefficient (Wildman–Crippen LogP) is 0.425. The van der Waals surface area contributed by atoms with E-state index in [2.05, 4.69) is 0 Å². The van der Waals surface area contributed by atoms with Crippen molar-refractivity contribution in [2.24, 2.45) is 5.92 Å². The highest BCUT2D eigenvalue weighted by Gasteiger charge is 2.25. The van der Waals surface area contributed by atoms with Gasteiger partial charge in [-0.15, -0.1) is 0 Å². The van der Waals surface area contributed by atoms with Crippen LogP contribution in [0.15, 0.2) is 0 Å². The molecule has 2 N–H and O–H groups in total. The van der Waals surface area contributed by atoms with E-state index in [9.17, 15) is 13.2 Å². The highest BCUT2D eigenvalue weighted by Crippen LogP contribution is 2.03. The van der Waals surface area contributed by atoms with Crippen molar-refractivity contribution >= 4 is 16.4 Å². The van der Waals surface area contributed by atoms with Crippen LogP contribution in [0.1, 0.15) is 13.8 Å². The Labute approximate surface area is 70.7 Å². The molecule has 72 valence electrons. The highest BCUT2D eigenvalue weighted by atomic mass is 32.2. The van der Waals surface area contributed by atoms with Crippen LogP contribution in [-0.4, -0.2) is 35.0 Å². The molecular weight excluding hydrogens is 186 g/mol. The minimum absolute atomic E-state index is 0.00231. The van der Waals surface area contributed by atoms with Gasteiger partial charge in [-0.2, -0.15) is 12.7 Å². The van der Waals surface area contributed by atoms with Crippen molar-refractivity contribution in [3.05, 3.63) is 0 Å². The van der Waals surface area contributed by atoms with Gasteiger partial charge in [0.15, 0.2) is 0 Å². The number of carbonyl (C=O) groups is 1. The Morgan fingerprint density at radius 2 is 1.92 bits per heavy atom. The van der Waals surface area contributed by atoms with Gasteiger partial charge in [0.05, 0.1) is 0 Å². The third-order valence-electron chi connectivity index (χ3n) is 1.02. The Bertz CT molecular complexity index is 257. The lowest BCUT2D eigenvalue weighted by Gasteiger charge is -2.16. The summed E-state index contributed by atoms with van der Waals surface area (Å²) in [5.41, 5.74) is 0. The predicted molar refractivity (Wildman–Crippen MR) is 41.1 cm³/mol. The Morgan fingerprint density at radius 3 is 2.00 bits per heavy atom. The van der Waals surface area contributed by atoms with Crippen molar-refractivity contribution in [2.75, 3.05) is 6.54 Å². The summed E-state index contributed by atoms with van der Waals surface area (Å²) < 4.78 is 29.2. The number of amides is 1. The van der Waals surface area contributed by atoms with Crippen molar-refractivity contribution in [3.63, 3.8) is 0 Å². The lowest BCUT2D eigenvalue weighted by atomic mass is 10.2. The smallest absolute Gasteiger partial charge is 0.422 e. The first-order valence-electron chi connectivity index (χ1n) is 3.23. The maximum absolute atomic E-state index is 10.4. The fourth-order valence-corrected chi connectivity index (χ4v) is 1.29. The molecule has 12 heavy (non-hydrogen) atoms. The van der Waals surface area contributed by atoms with Gasteiger partial charge in [-0.3, -0.25) is 4.55 Å². The number of carboxylic acid groups (broad SMARTS) is 1. The number of nitrogens with zero attached hydrogens (tertiary/aromatic N) is 1. The van der Waals surface area contributed by atoms with E-state index in [0.29, 0.717) is 0 Å². The molecule has 0 saturated carbocycles. The summed E-state index contributed by atoms with van der Waals surface area (Å²) in [6, 6.07) is 0. The molecule has 7 heteroatoms. The van der Waals surface area contributed by atoms with Crippen molar-refractivity contribution in [3.8, 4) is 0 Å². The Kier molecular flexibility index (Phi) is 3.47. The molecule has 0 aliphatic heterocycles. The lowest BCUT2D eigenvalue weighted by Crippen LogP contribution is -2.37. The molecule has 0 bridgehead atoms. The molecule has 0 aromatic carbocycles. The van der Waals surface area contributed by atoms with Crippen LogP contribution in [0.25, 0.3) is 0 Å².